The monoisotopic (exact) mass is 291 g/mol. The van der Waals surface area contributed by atoms with E-state index in [1.807, 2.05) is 0 Å². The molecule has 0 fully saturated rings. The van der Waals surface area contributed by atoms with Crippen LogP contribution in [0.2, 0.25) is 0 Å². The van der Waals surface area contributed by atoms with Gasteiger partial charge >= 0.3 is 0 Å². The maximum Gasteiger partial charge on any atom is 0.0283 e. The molecule has 0 aliphatic rings. The Kier molecular flexibility index (Phi) is 4.26. The van der Waals surface area contributed by atoms with E-state index in [4.69, 9.17) is 5.73 Å². The molecule has 0 saturated heterocycles. The van der Waals surface area contributed by atoms with Crippen LogP contribution in [0.3, 0.4) is 0 Å². The van der Waals surface area contributed by atoms with Gasteiger partial charge in [-0.15, -0.1) is 0 Å². The molecule has 1 aromatic rings. The molecule has 0 saturated carbocycles. The van der Waals surface area contributed by atoms with Gasteiger partial charge in [0.25, 0.3) is 0 Å². The first-order chi connectivity index (χ1) is 5.80. The molecule has 1 aromatic carbocycles. The Morgan fingerprint density at radius 3 is 1.67 bits per heavy atom. The second-order valence-electron chi connectivity index (χ2n) is 2.63. The summed E-state index contributed by atoms with van der Waals surface area (Å²) < 4.78 is 0. The molecule has 12 heavy (non-hydrogen) atoms. The van der Waals surface area contributed by atoms with Gasteiger partial charge < -0.3 is 5.73 Å². The smallest absolute Gasteiger partial charge is 0.0283 e. The normalized spacial score (nSPS) is 10.2. The molecule has 0 aromatic heterocycles. The predicted octanol–water partition coefficient (Wildman–Crippen LogP) is 2.94. The summed E-state index contributed by atoms with van der Waals surface area (Å²) in [5.41, 5.74) is 9.33. The van der Waals surface area contributed by atoms with Crippen LogP contribution in [0.1, 0.15) is 16.7 Å². The summed E-state index contributed by atoms with van der Waals surface area (Å²) in [6.45, 7) is 0.612. The third-order valence-corrected chi connectivity index (χ3v) is 2.95. The summed E-state index contributed by atoms with van der Waals surface area (Å²) in [5.74, 6) is 0. The Morgan fingerprint density at radius 2 is 1.33 bits per heavy atom. The third kappa shape index (κ3) is 2.57. The van der Waals surface area contributed by atoms with Crippen LogP contribution in [0.4, 0.5) is 0 Å². The summed E-state index contributed by atoms with van der Waals surface area (Å²) in [5, 5.41) is 1.78. The van der Waals surface area contributed by atoms with Crippen LogP contribution in [-0.4, -0.2) is 0 Å². The summed E-state index contributed by atoms with van der Waals surface area (Å²) in [6.07, 6.45) is 0. The SMILES string of the molecule is NCc1cc(CBr)cc(CBr)c1. The second kappa shape index (κ2) is 5.00. The molecule has 1 rings (SSSR count). The lowest BCUT2D eigenvalue weighted by molar-refractivity contribution is 1.06. The van der Waals surface area contributed by atoms with Crippen molar-refractivity contribution in [2.45, 2.75) is 17.2 Å². The molecule has 1 nitrogen and oxygen atoms in total. The highest BCUT2D eigenvalue weighted by Crippen LogP contribution is 2.15. The minimum Gasteiger partial charge on any atom is -0.326 e. The number of hydrogen-bond acceptors (Lipinski definition) is 1. The van der Waals surface area contributed by atoms with Crippen molar-refractivity contribution < 1.29 is 0 Å². The molecule has 66 valence electrons. The average Bonchev–Trinajstić information content (AvgIpc) is 2.16. The number of alkyl halides is 2. The van der Waals surface area contributed by atoms with E-state index < -0.39 is 0 Å². The third-order valence-electron chi connectivity index (χ3n) is 1.66. The zero-order chi connectivity index (χ0) is 8.97. The largest absolute Gasteiger partial charge is 0.326 e. The van der Waals surface area contributed by atoms with E-state index in [1.165, 1.54) is 16.7 Å². The van der Waals surface area contributed by atoms with Crippen molar-refractivity contribution in [3.63, 3.8) is 0 Å². The Bertz CT molecular complexity index is 205. The van der Waals surface area contributed by atoms with Crippen molar-refractivity contribution in [3.8, 4) is 0 Å². The molecular formula is C9H11Br2N. The van der Waals surface area contributed by atoms with Crippen molar-refractivity contribution in [2.75, 3.05) is 0 Å². The summed E-state index contributed by atoms with van der Waals surface area (Å²) in [7, 11) is 0. The lowest BCUT2D eigenvalue weighted by Crippen LogP contribution is -1.98. The standard InChI is InChI=1S/C9H11Br2N/c10-4-7-1-8(5-11)3-9(2-7)6-12/h1-3H,4-6,12H2. The summed E-state index contributed by atoms with van der Waals surface area (Å²) in [6, 6.07) is 6.42. The van der Waals surface area contributed by atoms with Crippen LogP contribution in [0, 0.1) is 0 Å². The fourth-order valence-electron chi connectivity index (χ4n) is 1.11. The van der Waals surface area contributed by atoms with Gasteiger partial charge in [-0.05, 0) is 16.7 Å². The zero-order valence-corrected chi connectivity index (χ0v) is 9.86. The highest BCUT2D eigenvalue weighted by Gasteiger charge is 1.97. The quantitative estimate of drug-likeness (QED) is 0.852. The molecule has 0 spiro atoms. The Balaban J connectivity index is 3.01. The van der Waals surface area contributed by atoms with Gasteiger partial charge in [0.05, 0.1) is 0 Å². The molecule has 3 heteroatoms. The molecule has 0 heterocycles. The molecule has 0 amide bonds. The van der Waals surface area contributed by atoms with Crippen LogP contribution in [0.15, 0.2) is 18.2 Å². The van der Waals surface area contributed by atoms with Crippen molar-refractivity contribution in [1.82, 2.24) is 0 Å². The van der Waals surface area contributed by atoms with Gasteiger partial charge in [-0.2, -0.15) is 0 Å². The molecule has 0 aliphatic heterocycles. The van der Waals surface area contributed by atoms with Crippen LogP contribution in [-0.2, 0) is 17.2 Å². The van der Waals surface area contributed by atoms with Crippen molar-refractivity contribution in [2.24, 2.45) is 5.73 Å². The number of hydrogen-bond donors (Lipinski definition) is 1. The molecule has 0 aliphatic carbocycles. The van der Waals surface area contributed by atoms with Crippen LogP contribution in [0.5, 0.6) is 0 Å². The van der Waals surface area contributed by atoms with E-state index in [0.717, 1.165) is 10.7 Å². The first kappa shape index (κ1) is 10.2. The van der Waals surface area contributed by atoms with Gasteiger partial charge in [-0.1, -0.05) is 50.1 Å². The first-order valence-electron chi connectivity index (χ1n) is 3.74. The van der Waals surface area contributed by atoms with E-state index in [0.29, 0.717) is 6.54 Å². The number of benzene rings is 1. The van der Waals surface area contributed by atoms with Crippen molar-refractivity contribution in [3.05, 3.63) is 34.9 Å². The zero-order valence-electron chi connectivity index (χ0n) is 6.69. The molecule has 0 bridgehead atoms. The average molecular weight is 293 g/mol. The van der Waals surface area contributed by atoms with Crippen molar-refractivity contribution >= 4 is 31.9 Å². The maximum absolute atomic E-state index is 5.57. The number of nitrogens with two attached hydrogens (primary N) is 1. The summed E-state index contributed by atoms with van der Waals surface area (Å²) >= 11 is 6.86. The van der Waals surface area contributed by atoms with Crippen molar-refractivity contribution in [1.29, 1.82) is 0 Å². The molecule has 0 unspecified atom stereocenters. The van der Waals surface area contributed by atoms with Gasteiger partial charge in [0, 0.05) is 17.2 Å². The Hall–Kier alpha value is 0.140. The fourth-order valence-corrected chi connectivity index (χ4v) is 1.76. The summed E-state index contributed by atoms with van der Waals surface area (Å²) in [4.78, 5) is 0. The fraction of sp³-hybridized carbons (Fsp3) is 0.333. The Labute approximate surface area is 89.6 Å². The second-order valence-corrected chi connectivity index (χ2v) is 3.75. The van der Waals surface area contributed by atoms with Gasteiger partial charge in [0.2, 0.25) is 0 Å². The number of rotatable bonds is 3. The minimum absolute atomic E-state index is 0.612. The van der Waals surface area contributed by atoms with E-state index in [2.05, 4.69) is 50.1 Å². The van der Waals surface area contributed by atoms with Crippen LogP contribution in [0.25, 0.3) is 0 Å². The maximum atomic E-state index is 5.57. The minimum atomic E-state index is 0.612. The molecular weight excluding hydrogens is 282 g/mol. The lowest BCUT2D eigenvalue weighted by Gasteiger charge is -2.04. The lowest BCUT2D eigenvalue weighted by atomic mass is 10.1. The predicted molar refractivity (Wildman–Crippen MR) is 59.6 cm³/mol. The van der Waals surface area contributed by atoms with Gasteiger partial charge in [-0.3, -0.25) is 0 Å². The highest BCUT2D eigenvalue weighted by atomic mass is 79.9. The first-order valence-corrected chi connectivity index (χ1v) is 5.98. The highest BCUT2D eigenvalue weighted by molar-refractivity contribution is 9.08. The molecule has 0 radical (unpaired) electrons. The molecule has 2 N–H and O–H groups in total. The van der Waals surface area contributed by atoms with Gasteiger partial charge in [0.1, 0.15) is 0 Å². The molecule has 0 atom stereocenters. The van der Waals surface area contributed by atoms with E-state index in [1.54, 1.807) is 0 Å². The topological polar surface area (TPSA) is 26.0 Å². The van der Waals surface area contributed by atoms with E-state index >= 15 is 0 Å². The van der Waals surface area contributed by atoms with Gasteiger partial charge in [0.15, 0.2) is 0 Å². The van der Waals surface area contributed by atoms with E-state index in [-0.39, 0.29) is 0 Å². The van der Waals surface area contributed by atoms with Gasteiger partial charge in [-0.25, -0.2) is 0 Å². The van der Waals surface area contributed by atoms with E-state index in [9.17, 15) is 0 Å². The number of halogens is 2. The Morgan fingerprint density at radius 1 is 0.917 bits per heavy atom. The van der Waals surface area contributed by atoms with Crippen LogP contribution < -0.4 is 5.73 Å². The van der Waals surface area contributed by atoms with Crippen LogP contribution >= 0.6 is 31.9 Å².